The number of esters is 1. The Balaban J connectivity index is 2.54. The van der Waals surface area contributed by atoms with Gasteiger partial charge in [-0.2, -0.15) is 0 Å². The van der Waals surface area contributed by atoms with E-state index in [-0.39, 0.29) is 0 Å². The minimum Gasteiger partial charge on any atom is -0.462 e. The number of ether oxygens (including phenoxy) is 1. The summed E-state index contributed by atoms with van der Waals surface area (Å²) in [4.78, 5) is 33.3. The second-order valence-electron chi connectivity index (χ2n) is 3.14. The number of guanidine groups is 1. The molecule has 3 N–H and O–H groups in total. The summed E-state index contributed by atoms with van der Waals surface area (Å²) in [6.45, 7) is 0. The fourth-order valence-electron chi connectivity index (χ4n) is 1.06. The minimum atomic E-state index is -1.14. The predicted molar refractivity (Wildman–Crippen MR) is 61.8 cm³/mol. The number of carbonyl (C=O) groups is 3. The number of nitrogens with one attached hydrogen (secondary N) is 3. The zero-order valence-corrected chi connectivity index (χ0v) is 9.52. The Kier molecular flexibility index (Phi) is 4.56. The second kappa shape index (κ2) is 6.14. The van der Waals surface area contributed by atoms with Crippen LogP contribution in [-0.2, 0) is 14.3 Å². The topological polar surface area (TPSA) is 108 Å². The number of amides is 2. The fraction of sp³-hybridized carbons (Fsp3) is 0.0909. The van der Waals surface area contributed by atoms with E-state index < -0.39 is 23.7 Å². The van der Waals surface area contributed by atoms with E-state index in [4.69, 9.17) is 5.41 Å². The molecule has 18 heavy (non-hydrogen) atoms. The van der Waals surface area contributed by atoms with E-state index in [1.807, 2.05) is 5.32 Å². The zero-order valence-electron chi connectivity index (χ0n) is 9.52. The van der Waals surface area contributed by atoms with Crippen molar-refractivity contribution in [1.29, 1.82) is 5.41 Å². The van der Waals surface area contributed by atoms with Crippen LogP contribution in [0, 0.1) is 5.41 Å². The maximum absolute atomic E-state index is 11.6. The van der Waals surface area contributed by atoms with Crippen LogP contribution >= 0.6 is 0 Å². The van der Waals surface area contributed by atoms with Gasteiger partial charge in [-0.15, -0.1) is 0 Å². The van der Waals surface area contributed by atoms with Gasteiger partial charge in [0.1, 0.15) is 0 Å². The molecular weight excluding hydrogens is 238 g/mol. The van der Waals surface area contributed by atoms with Gasteiger partial charge in [0, 0.05) is 5.56 Å². The quantitative estimate of drug-likeness (QED) is 0.273. The monoisotopic (exact) mass is 249 g/mol. The normalized spacial score (nSPS) is 9.17. The number of benzene rings is 1. The lowest BCUT2D eigenvalue weighted by atomic mass is 10.2. The molecule has 0 saturated heterocycles. The van der Waals surface area contributed by atoms with Gasteiger partial charge in [0.15, 0.2) is 0 Å². The Morgan fingerprint density at radius 1 is 1.11 bits per heavy atom. The van der Waals surface area contributed by atoms with Crippen LogP contribution in [0.1, 0.15) is 10.4 Å². The highest BCUT2D eigenvalue weighted by atomic mass is 16.5. The SMILES string of the molecule is COC(=O)C(=O)NC(=N)NC(=O)c1ccccc1. The first kappa shape index (κ1) is 13.4. The molecule has 7 nitrogen and oxygen atoms in total. The average molecular weight is 249 g/mol. The Morgan fingerprint density at radius 2 is 1.72 bits per heavy atom. The van der Waals surface area contributed by atoms with Crippen LogP contribution in [0.4, 0.5) is 0 Å². The van der Waals surface area contributed by atoms with Gasteiger partial charge >= 0.3 is 11.9 Å². The van der Waals surface area contributed by atoms with Crippen molar-refractivity contribution in [2.24, 2.45) is 0 Å². The van der Waals surface area contributed by atoms with Crippen LogP contribution in [0.3, 0.4) is 0 Å². The number of hydrogen-bond acceptors (Lipinski definition) is 5. The molecule has 0 radical (unpaired) electrons. The molecule has 2 amide bonds. The first-order valence-corrected chi connectivity index (χ1v) is 4.89. The van der Waals surface area contributed by atoms with E-state index in [2.05, 4.69) is 10.1 Å². The summed E-state index contributed by atoms with van der Waals surface area (Å²) in [5, 5.41) is 11.3. The van der Waals surface area contributed by atoms with Crippen molar-refractivity contribution in [2.75, 3.05) is 7.11 Å². The van der Waals surface area contributed by atoms with Crippen LogP contribution in [0.5, 0.6) is 0 Å². The molecule has 0 aliphatic carbocycles. The number of rotatable bonds is 1. The lowest BCUT2D eigenvalue weighted by molar-refractivity contribution is -0.152. The molecule has 0 spiro atoms. The van der Waals surface area contributed by atoms with Crippen LogP contribution in [0.25, 0.3) is 0 Å². The molecule has 0 bridgehead atoms. The molecule has 0 heterocycles. The van der Waals surface area contributed by atoms with E-state index in [0.717, 1.165) is 7.11 Å². The molecule has 0 fully saturated rings. The summed E-state index contributed by atoms with van der Waals surface area (Å²) in [7, 11) is 1.04. The van der Waals surface area contributed by atoms with Gasteiger partial charge in [-0.05, 0) is 12.1 Å². The maximum atomic E-state index is 11.6. The highest BCUT2D eigenvalue weighted by Gasteiger charge is 2.16. The molecule has 94 valence electrons. The van der Waals surface area contributed by atoms with Crippen molar-refractivity contribution in [2.45, 2.75) is 0 Å². The van der Waals surface area contributed by atoms with E-state index in [1.54, 1.807) is 30.3 Å². The van der Waals surface area contributed by atoms with Crippen molar-refractivity contribution < 1.29 is 19.1 Å². The van der Waals surface area contributed by atoms with E-state index in [9.17, 15) is 14.4 Å². The van der Waals surface area contributed by atoms with Gasteiger partial charge < -0.3 is 4.74 Å². The summed E-state index contributed by atoms with van der Waals surface area (Å²) in [6, 6.07) is 8.15. The molecule has 1 aromatic rings. The van der Waals surface area contributed by atoms with Crippen molar-refractivity contribution in [1.82, 2.24) is 10.6 Å². The number of carbonyl (C=O) groups excluding carboxylic acids is 3. The van der Waals surface area contributed by atoms with Crippen LogP contribution in [0.2, 0.25) is 0 Å². The van der Waals surface area contributed by atoms with E-state index >= 15 is 0 Å². The molecule has 0 saturated carbocycles. The van der Waals surface area contributed by atoms with E-state index in [1.165, 1.54) is 0 Å². The molecule has 0 aromatic heterocycles. The predicted octanol–water partition coefficient (Wildman–Crippen LogP) is -0.360. The summed E-state index contributed by atoms with van der Waals surface area (Å²) < 4.78 is 4.14. The largest absolute Gasteiger partial charge is 0.462 e. The Morgan fingerprint density at radius 3 is 2.28 bits per heavy atom. The smallest absolute Gasteiger partial charge is 0.396 e. The Bertz CT molecular complexity index is 484. The third-order valence-corrected chi connectivity index (χ3v) is 1.88. The maximum Gasteiger partial charge on any atom is 0.396 e. The molecule has 0 unspecified atom stereocenters. The fourth-order valence-corrected chi connectivity index (χ4v) is 1.06. The van der Waals surface area contributed by atoms with Gasteiger partial charge in [-0.25, -0.2) is 4.79 Å². The van der Waals surface area contributed by atoms with Crippen molar-refractivity contribution in [3.05, 3.63) is 35.9 Å². The van der Waals surface area contributed by atoms with Crippen LogP contribution < -0.4 is 10.6 Å². The van der Waals surface area contributed by atoms with Crippen LogP contribution in [-0.4, -0.2) is 30.9 Å². The second-order valence-corrected chi connectivity index (χ2v) is 3.14. The Hall–Kier alpha value is -2.70. The summed E-state index contributed by atoms with van der Waals surface area (Å²) >= 11 is 0. The number of methoxy groups -OCH3 is 1. The Labute approximate surface area is 103 Å². The first-order valence-electron chi connectivity index (χ1n) is 4.89. The van der Waals surface area contributed by atoms with Crippen LogP contribution in [0.15, 0.2) is 30.3 Å². The lowest BCUT2D eigenvalue weighted by Crippen LogP contribution is -2.45. The molecular formula is C11H11N3O4. The summed E-state index contributed by atoms with van der Waals surface area (Å²) in [5.74, 6) is -3.44. The highest BCUT2D eigenvalue weighted by molar-refractivity contribution is 6.35. The zero-order chi connectivity index (χ0) is 13.5. The number of hydrogen-bond donors (Lipinski definition) is 3. The molecule has 0 atom stereocenters. The van der Waals surface area contributed by atoms with Gasteiger partial charge in [0.2, 0.25) is 5.96 Å². The van der Waals surface area contributed by atoms with Crippen molar-refractivity contribution in [3.63, 3.8) is 0 Å². The van der Waals surface area contributed by atoms with E-state index in [0.29, 0.717) is 5.56 Å². The van der Waals surface area contributed by atoms with Gasteiger partial charge in [-0.3, -0.25) is 25.6 Å². The highest BCUT2D eigenvalue weighted by Crippen LogP contribution is 1.97. The summed E-state index contributed by atoms with van der Waals surface area (Å²) in [6.07, 6.45) is 0. The third-order valence-electron chi connectivity index (χ3n) is 1.88. The van der Waals surface area contributed by atoms with Gasteiger partial charge in [0.25, 0.3) is 5.91 Å². The molecule has 1 aromatic carbocycles. The standard InChI is InChI=1S/C11H11N3O4/c1-18-10(17)9(16)14-11(12)13-8(15)7-5-3-2-4-6-7/h2-6H,1H3,(H3,12,13,14,15,16). The van der Waals surface area contributed by atoms with Gasteiger partial charge in [0.05, 0.1) is 7.11 Å². The van der Waals surface area contributed by atoms with Gasteiger partial charge in [-0.1, -0.05) is 18.2 Å². The minimum absolute atomic E-state index is 0.328. The molecule has 1 rings (SSSR count). The van der Waals surface area contributed by atoms with Crippen molar-refractivity contribution in [3.8, 4) is 0 Å². The molecule has 0 aliphatic rings. The summed E-state index contributed by atoms with van der Waals surface area (Å²) in [5.41, 5.74) is 0.328. The third kappa shape index (κ3) is 3.71. The lowest BCUT2D eigenvalue weighted by Gasteiger charge is -2.07. The molecule has 7 heteroatoms. The first-order chi connectivity index (χ1) is 8.54. The molecule has 0 aliphatic heterocycles. The average Bonchev–Trinajstić information content (AvgIpc) is 2.38. The van der Waals surface area contributed by atoms with Crippen molar-refractivity contribution >= 4 is 23.7 Å².